The maximum atomic E-state index is 2.41. The smallest absolute Gasteiger partial charge is 0.0450 e. The molecular formula is C39H29N. The van der Waals surface area contributed by atoms with Gasteiger partial charge in [-0.05, 0) is 90.8 Å². The molecule has 1 aliphatic heterocycles. The van der Waals surface area contributed by atoms with Crippen molar-refractivity contribution < 1.29 is 0 Å². The van der Waals surface area contributed by atoms with E-state index < -0.39 is 0 Å². The van der Waals surface area contributed by atoms with Crippen LogP contribution in [0.4, 0.5) is 11.4 Å². The maximum Gasteiger partial charge on any atom is 0.0450 e. The molecule has 0 amide bonds. The Balaban J connectivity index is 1.42. The van der Waals surface area contributed by atoms with Crippen molar-refractivity contribution in [3.05, 3.63) is 144 Å². The first-order chi connectivity index (χ1) is 19.7. The van der Waals surface area contributed by atoms with Crippen LogP contribution in [0.3, 0.4) is 0 Å². The van der Waals surface area contributed by atoms with Gasteiger partial charge in [0.05, 0.1) is 0 Å². The lowest BCUT2D eigenvalue weighted by Crippen LogP contribution is -2.18. The Hall–Kier alpha value is -4.88. The lowest BCUT2D eigenvalue weighted by molar-refractivity contribution is 1.06. The average Bonchev–Trinajstić information content (AvgIpc) is 3.00. The molecule has 0 spiro atoms. The van der Waals surface area contributed by atoms with E-state index in [1.807, 2.05) is 0 Å². The van der Waals surface area contributed by atoms with Gasteiger partial charge >= 0.3 is 0 Å². The molecule has 0 aliphatic carbocycles. The van der Waals surface area contributed by atoms with Crippen LogP contribution >= 0.6 is 0 Å². The second kappa shape index (κ2) is 8.83. The fourth-order valence-corrected chi connectivity index (χ4v) is 6.76. The number of benzene rings is 7. The summed E-state index contributed by atoms with van der Waals surface area (Å²) in [7, 11) is 2.20. The van der Waals surface area contributed by atoms with Crippen molar-refractivity contribution in [2.75, 3.05) is 11.9 Å². The van der Waals surface area contributed by atoms with E-state index in [1.165, 1.54) is 82.6 Å². The normalized spacial score (nSPS) is 12.6. The van der Waals surface area contributed by atoms with E-state index in [9.17, 15) is 0 Å². The molecule has 1 heteroatoms. The van der Waals surface area contributed by atoms with Crippen LogP contribution in [0.15, 0.2) is 127 Å². The van der Waals surface area contributed by atoms with Gasteiger partial charge in [0.15, 0.2) is 0 Å². The predicted octanol–water partition coefficient (Wildman–Crippen LogP) is 10.5. The molecule has 0 fully saturated rings. The number of rotatable bonds is 2. The fourth-order valence-electron chi connectivity index (χ4n) is 6.76. The summed E-state index contributed by atoms with van der Waals surface area (Å²) >= 11 is 0. The Bertz CT molecular complexity index is 2120. The van der Waals surface area contributed by atoms with Crippen LogP contribution in [-0.2, 0) is 6.42 Å². The summed E-state index contributed by atoms with van der Waals surface area (Å²) in [6.45, 7) is 2.20. The minimum Gasteiger partial charge on any atom is -0.344 e. The van der Waals surface area contributed by atoms with Gasteiger partial charge in [-0.1, -0.05) is 115 Å². The van der Waals surface area contributed by atoms with Crippen LogP contribution in [0.1, 0.15) is 16.7 Å². The highest BCUT2D eigenvalue weighted by atomic mass is 15.1. The highest BCUT2D eigenvalue weighted by molar-refractivity contribution is 6.22. The quantitative estimate of drug-likeness (QED) is 0.209. The molecule has 1 aliphatic rings. The molecule has 8 rings (SSSR count). The maximum absolute atomic E-state index is 2.41. The van der Waals surface area contributed by atoms with Gasteiger partial charge in [0.1, 0.15) is 0 Å². The number of hydrogen-bond donors (Lipinski definition) is 0. The molecule has 0 N–H and O–H groups in total. The van der Waals surface area contributed by atoms with Crippen LogP contribution in [0.2, 0.25) is 0 Å². The van der Waals surface area contributed by atoms with Crippen LogP contribution in [0.5, 0.6) is 0 Å². The molecule has 1 nitrogen and oxygen atoms in total. The molecule has 0 saturated carbocycles. The third kappa shape index (κ3) is 3.48. The third-order valence-electron chi connectivity index (χ3n) is 8.69. The first-order valence-corrected chi connectivity index (χ1v) is 14.0. The monoisotopic (exact) mass is 511 g/mol. The molecule has 0 radical (unpaired) electrons. The number of para-hydroxylation sites is 1. The van der Waals surface area contributed by atoms with E-state index >= 15 is 0 Å². The molecule has 7 aromatic carbocycles. The second-order valence-electron chi connectivity index (χ2n) is 11.1. The van der Waals surface area contributed by atoms with E-state index in [0.717, 1.165) is 6.42 Å². The molecule has 0 saturated heterocycles. The van der Waals surface area contributed by atoms with Gasteiger partial charge < -0.3 is 4.90 Å². The van der Waals surface area contributed by atoms with E-state index in [1.54, 1.807) is 0 Å². The van der Waals surface area contributed by atoms with Crippen molar-refractivity contribution in [3.63, 3.8) is 0 Å². The highest BCUT2D eigenvalue weighted by Gasteiger charge is 2.22. The summed E-state index contributed by atoms with van der Waals surface area (Å²) in [6.07, 6.45) is 0.970. The van der Waals surface area contributed by atoms with Crippen LogP contribution < -0.4 is 4.90 Å². The van der Waals surface area contributed by atoms with Crippen LogP contribution in [0, 0.1) is 6.92 Å². The molecular weight excluding hydrogens is 482 g/mol. The Morgan fingerprint density at radius 1 is 0.475 bits per heavy atom. The summed E-state index contributed by atoms with van der Waals surface area (Å²) in [5.41, 5.74) is 11.8. The summed E-state index contributed by atoms with van der Waals surface area (Å²) in [5, 5.41) is 7.73. The number of hydrogen-bond acceptors (Lipinski definition) is 1. The summed E-state index contributed by atoms with van der Waals surface area (Å²) in [5.74, 6) is 0. The van der Waals surface area contributed by atoms with E-state index in [-0.39, 0.29) is 0 Å². The zero-order valence-corrected chi connectivity index (χ0v) is 22.8. The second-order valence-corrected chi connectivity index (χ2v) is 11.1. The minimum absolute atomic E-state index is 0.970. The van der Waals surface area contributed by atoms with Gasteiger partial charge in [-0.25, -0.2) is 0 Å². The summed E-state index contributed by atoms with van der Waals surface area (Å²) in [4.78, 5) is 2.36. The Morgan fingerprint density at radius 2 is 1.10 bits per heavy atom. The molecule has 1 heterocycles. The SMILES string of the molecule is Cc1ccc2c(-c3ccc4ccccc4c3)c3ccccc3c(-c3ccc4c(c3)N(C)c3ccccc3C4)c2c1. The number of anilines is 2. The van der Waals surface area contributed by atoms with Crippen molar-refractivity contribution in [1.29, 1.82) is 0 Å². The standard InChI is InChI=1S/C39H29N/c1-25-15-20-34-35(21-25)39(31-19-17-29-23-28-11-5-8-14-36(28)40(2)37(29)24-31)33-13-7-6-12-32(33)38(34)30-18-16-26-9-3-4-10-27(26)22-30/h3-22,24H,23H2,1-2H3. The zero-order valence-electron chi connectivity index (χ0n) is 22.8. The van der Waals surface area contributed by atoms with Crippen molar-refractivity contribution in [3.8, 4) is 22.3 Å². The Morgan fingerprint density at radius 3 is 1.95 bits per heavy atom. The molecule has 0 aromatic heterocycles. The predicted molar refractivity (Wildman–Crippen MR) is 172 cm³/mol. The molecule has 7 aromatic rings. The first kappa shape index (κ1) is 23.0. The number of nitrogens with zero attached hydrogens (tertiary/aromatic N) is 1. The largest absolute Gasteiger partial charge is 0.344 e. The lowest BCUT2D eigenvalue weighted by Gasteiger charge is -2.31. The third-order valence-corrected chi connectivity index (χ3v) is 8.69. The minimum atomic E-state index is 0.970. The van der Waals surface area contributed by atoms with Gasteiger partial charge in [-0.2, -0.15) is 0 Å². The summed E-state index contributed by atoms with van der Waals surface area (Å²) in [6, 6.07) is 47.3. The topological polar surface area (TPSA) is 3.24 Å². The Labute approximate surface area is 234 Å². The molecule has 0 unspecified atom stereocenters. The van der Waals surface area contributed by atoms with Crippen LogP contribution in [0.25, 0.3) is 54.6 Å². The number of fused-ring (bicyclic) bond motifs is 5. The molecule has 40 heavy (non-hydrogen) atoms. The fraction of sp³-hybridized carbons (Fsp3) is 0.0769. The van der Waals surface area contributed by atoms with Gasteiger partial charge in [-0.3, -0.25) is 0 Å². The van der Waals surface area contributed by atoms with Crippen molar-refractivity contribution in [1.82, 2.24) is 0 Å². The molecule has 0 bridgehead atoms. The van der Waals surface area contributed by atoms with E-state index in [4.69, 9.17) is 0 Å². The molecule has 0 atom stereocenters. The van der Waals surface area contributed by atoms with Crippen molar-refractivity contribution in [2.45, 2.75) is 13.3 Å². The van der Waals surface area contributed by atoms with E-state index in [2.05, 4.69) is 146 Å². The highest BCUT2D eigenvalue weighted by Crippen LogP contribution is 2.46. The molecule has 190 valence electrons. The first-order valence-electron chi connectivity index (χ1n) is 14.0. The van der Waals surface area contributed by atoms with Crippen LogP contribution in [-0.4, -0.2) is 7.05 Å². The summed E-state index contributed by atoms with van der Waals surface area (Å²) < 4.78 is 0. The van der Waals surface area contributed by atoms with Gasteiger partial charge in [0.2, 0.25) is 0 Å². The Kier molecular flexibility index (Phi) is 5.09. The van der Waals surface area contributed by atoms with Crippen molar-refractivity contribution in [2.24, 2.45) is 0 Å². The van der Waals surface area contributed by atoms with Gasteiger partial charge in [0.25, 0.3) is 0 Å². The number of aryl methyl sites for hydroxylation is 1. The van der Waals surface area contributed by atoms with Gasteiger partial charge in [-0.15, -0.1) is 0 Å². The zero-order chi connectivity index (χ0) is 26.8. The lowest BCUT2D eigenvalue weighted by atomic mass is 9.84. The van der Waals surface area contributed by atoms with Gasteiger partial charge in [0, 0.05) is 24.8 Å². The van der Waals surface area contributed by atoms with Crippen molar-refractivity contribution >= 4 is 43.7 Å². The average molecular weight is 512 g/mol. The van der Waals surface area contributed by atoms with E-state index in [0.29, 0.717) is 0 Å².